The minimum Gasteiger partial charge on any atom is -0.252 e. The van der Waals surface area contributed by atoms with E-state index in [1.54, 1.807) is 12.3 Å². The van der Waals surface area contributed by atoms with Crippen molar-refractivity contribution < 1.29 is 0 Å². The molecule has 0 saturated heterocycles. The zero-order valence-corrected chi connectivity index (χ0v) is 11.8. The number of hydrogen-bond donors (Lipinski definition) is 0. The van der Waals surface area contributed by atoms with Crippen LogP contribution in [0.4, 0.5) is 0 Å². The SMILES string of the molecule is Cc1cccn2c(=O)n(C(C)CC(C)C)c(=O)nc12. The number of nitrogens with zero attached hydrogens (tertiary/aromatic N) is 3. The molecule has 0 aromatic carbocycles. The second-order valence-electron chi connectivity index (χ2n) is 5.41. The molecule has 0 saturated carbocycles. The lowest BCUT2D eigenvalue weighted by molar-refractivity contribution is 0.398. The number of aryl methyl sites for hydroxylation is 1. The van der Waals surface area contributed by atoms with Crippen molar-refractivity contribution in [1.29, 1.82) is 0 Å². The van der Waals surface area contributed by atoms with E-state index in [1.165, 1.54) is 8.97 Å². The summed E-state index contributed by atoms with van der Waals surface area (Å²) < 4.78 is 2.68. The molecule has 2 aromatic rings. The van der Waals surface area contributed by atoms with Crippen LogP contribution in [0.1, 0.15) is 38.8 Å². The van der Waals surface area contributed by atoms with Gasteiger partial charge >= 0.3 is 11.4 Å². The van der Waals surface area contributed by atoms with Gasteiger partial charge in [0.25, 0.3) is 0 Å². The van der Waals surface area contributed by atoms with E-state index in [1.807, 2.05) is 19.9 Å². The van der Waals surface area contributed by atoms with E-state index in [9.17, 15) is 9.59 Å². The zero-order valence-electron chi connectivity index (χ0n) is 11.8. The quantitative estimate of drug-likeness (QED) is 0.846. The van der Waals surface area contributed by atoms with Crippen molar-refractivity contribution in [3.8, 4) is 0 Å². The van der Waals surface area contributed by atoms with Gasteiger partial charge in [-0.2, -0.15) is 4.98 Å². The molecule has 2 rings (SSSR count). The Balaban J connectivity index is 2.71. The van der Waals surface area contributed by atoms with E-state index in [0.717, 1.165) is 12.0 Å². The molecule has 2 heterocycles. The van der Waals surface area contributed by atoms with Crippen LogP contribution in [0.15, 0.2) is 27.9 Å². The summed E-state index contributed by atoms with van der Waals surface area (Å²) in [6.07, 6.45) is 2.42. The topological polar surface area (TPSA) is 56.4 Å². The Morgan fingerprint density at radius 2 is 1.95 bits per heavy atom. The predicted molar refractivity (Wildman–Crippen MR) is 74.6 cm³/mol. The lowest BCUT2D eigenvalue weighted by Gasteiger charge is -2.16. The van der Waals surface area contributed by atoms with Crippen molar-refractivity contribution in [2.45, 2.75) is 40.2 Å². The number of hydrogen-bond acceptors (Lipinski definition) is 3. The van der Waals surface area contributed by atoms with Crippen LogP contribution >= 0.6 is 0 Å². The van der Waals surface area contributed by atoms with Crippen LogP contribution in [-0.4, -0.2) is 14.0 Å². The van der Waals surface area contributed by atoms with Gasteiger partial charge in [0, 0.05) is 12.2 Å². The van der Waals surface area contributed by atoms with Gasteiger partial charge in [-0.15, -0.1) is 0 Å². The molecular formula is C14H19N3O2. The third-order valence-corrected chi connectivity index (χ3v) is 3.24. The summed E-state index contributed by atoms with van der Waals surface area (Å²) in [6, 6.07) is 3.47. The molecule has 0 amide bonds. The molecule has 0 bridgehead atoms. The first-order chi connectivity index (χ1) is 8.91. The van der Waals surface area contributed by atoms with Gasteiger partial charge in [-0.05, 0) is 37.8 Å². The van der Waals surface area contributed by atoms with Crippen LogP contribution < -0.4 is 11.4 Å². The number of aromatic nitrogens is 3. The van der Waals surface area contributed by atoms with E-state index >= 15 is 0 Å². The molecule has 102 valence electrons. The van der Waals surface area contributed by atoms with Crippen molar-refractivity contribution >= 4 is 5.65 Å². The first kappa shape index (κ1) is 13.5. The predicted octanol–water partition coefficient (Wildman–Crippen LogP) is 1.77. The van der Waals surface area contributed by atoms with Crippen molar-refractivity contribution in [2.75, 3.05) is 0 Å². The molecule has 0 N–H and O–H groups in total. The average molecular weight is 261 g/mol. The Morgan fingerprint density at radius 1 is 1.26 bits per heavy atom. The first-order valence-electron chi connectivity index (χ1n) is 6.52. The summed E-state index contributed by atoms with van der Waals surface area (Å²) in [7, 11) is 0. The van der Waals surface area contributed by atoms with E-state index in [0.29, 0.717) is 11.6 Å². The van der Waals surface area contributed by atoms with E-state index in [4.69, 9.17) is 0 Å². The summed E-state index contributed by atoms with van der Waals surface area (Å²) in [6.45, 7) is 7.85. The van der Waals surface area contributed by atoms with E-state index in [2.05, 4.69) is 18.8 Å². The maximum atomic E-state index is 12.4. The maximum Gasteiger partial charge on any atom is 0.353 e. The van der Waals surface area contributed by atoms with Crippen LogP contribution in [0, 0.1) is 12.8 Å². The molecule has 5 heteroatoms. The summed E-state index contributed by atoms with van der Waals surface area (Å²) in [5, 5.41) is 0. The summed E-state index contributed by atoms with van der Waals surface area (Å²) >= 11 is 0. The Hall–Kier alpha value is -1.91. The fraction of sp³-hybridized carbons (Fsp3) is 0.500. The fourth-order valence-electron chi connectivity index (χ4n) is 2.41. The van der Waals surface area contributed by atoms with Gasteiger partial charge in [0.1, 0.15) is 5.65 Å². The van der Waals surface area contributed by atoms with Crippen molar-refractivity contribution in [1.82, 2.24) is 14.0 Å². The Bertz CT molecular complexity index is 713. The summed E-state index contributed by atoms with van der Waals surface area (Å²) in [5.41, 5.74) is 0.477. The molecule has 5 nitrogen and oxygen atoms in total. The average Bonchev–Trinajstić information content (AvgIpc) is 2.29. The largest absolute Gasteiger partial charge is 0.353 e. The van der Waals surface area contributed by atoms with Crippen molar-refractivity contribution in [2.24, 2.45) is 5.92 Å². The van der Waals surface area contributed by atoms with Gasteiger partial charge < -0.3 is 0 Å². The van der Waals surface area contributed by atoms with Crippen LogP contribution in [-0.2, 0) is 0 Å². The van der Waals surface area contributed by atoms with Gasteiger partial charge in [-0.25, -0.2) is 14.2 Å². The Kier molecular flexibility index (Phi) is 3.55. The molecule has 0 radical (unpaired) electrons. The van der Waals surface area contributed by atoms with E-state index < -0.39 is 5.69 Å². The Morgan fingerprint density at radius 3 is 2.58 bits per heavy atom. The number of pyridine rings is 1. The smallest absolute Gasteiger partial charge is 0.252 e. The van der Waals surface area contributed by atoms with Gasteiger partial charge in [0.2, 0.25) is 0 Å². The van der Waals surface area contributed by atoms with Gasteiger partial charge in [-0.1, -0.05) is 19.9 Å². The highest BCUT2D eigenvalue weighted by Crippen LogP contribution is 2.13. The van der Waals surface area contributed by atoms with Crippen LogP contribution in [0.5, 0.6) is 0 Å². The monoisotopic (exact) mass is 261 g/mol. The fourth-order valence-corrected chi connectivity index (χ4v) is 2.41. The highest BCUT2D eigenvalue weighted by Gasteiger charge is 2.15. The van der Waals surface area contributed by atoms with Gasteiger partial charge in [0.05, 0.1) is 0 Å². The molecule has 0 aliphatic carbocycles. The van der Waals surface area contributed by atoms with Gasteiger partial charge in [0.15, 0.2) is 0 Å². The van der Waals surface area contributed by atoms with Crippen molar-refractivity contribution in [3.05, 3.63) is 44.9 Å². The van der Waals surface area contributed by atoms with E-state index in [-0.39, 0.29) is 11.7 Å². The lowest BCUT2D eigenvalue weighted by atomic mass is 10.1. The number of fused-ring (bicyclic) bond motifs is 1. The third kappa shape index (κ3) is 2.45. The summed E-state index contributed by atoms with van der Waals surface area (Å²) in [4.78, 5) is 28.5. The minimum absolute atomic E-state index is 0.148. The standard InChI is InChI=1S/C14H19N3O2/c1-9(2)8-11(4)17-13(18)15-12-10(3)6-5-7-16(12)14(17)19/h5-7,9,11H,8H2,1-4H3. The molecule has 1 unspecified atom stereocenters. The van der Waals surface area contributed by atoms with Crippen LogP contribution in [0.2, 0.25) is 0 Å². The molecule has 0 fully saturated rings. The molecular weight excluding hydrogens is 242 g/mol. The molecule has 0 spiro atoms. The van der Waals surface area contributed by atoms with Crippen LogP contribution in [0.25, 0.3) is 5.65 Å². The summed E-state index contributed by atoms with van der Waals surface area (Å²) in [5.74, 6) is 0.416. The molecule has 2 aromatic heterocycles. The minimum atomic E-state index is -0.465. The maximum absolute atomic E-state index is 12.4. The highest BCUT2D eigenvalue weighted by molar-refractivity contribution is 5.45. The third-order valence-electron chi connectivity index (χ3n) is 3.24. The Labute approximate surface area is 111 Å². The molecule has 19 heavy (non-hydrogen) atoms. The second kappa shape index (κ2) is 4.99. The molecule has 0 aliphatic rings. The van der Waals surface area contributed by atoms with Crippen LogP contribution in [0.3, 0.4) is 0 Å². The van der Waals surface area contributed by atoms with Gasteiger partial charge in [-0.3, -0.25) is 4.40 Å². The lowest BCUT2D eigenvalue weighted by Crippen LogP contribution is -2.41. The molecule has 1 atom stereocenters. The first-order valence-corrected chi connectivity index (χ1v) is 6.52. The zero-order chi connectivity index (χ0) is 14.2. The normalized spacial score (nSPS) is 13.1. The second-order valence-corrected chi connectivity index (χ2v) is 5.41. The van der Waals surface area contributed by atoms with Crippen molar-refractivity contribution in [3.63, 3.8) is 0 Å². The number of rotatable bonds is 3. The molecule has 0 aliphatic heterocycles. The highest BCUT2D eigenvalue weighted by atomic mass is 16.2.